The lowest BCUT2D eigenvalue weighted by molar-refractivity contribution is 0.102. The summed E-state index contributed by atoms with van der Waals surface area (Å²) in [5.74, 6) is 0.410. The van der Waals surface area contributed by atoms with E-state index in [1.54, 1.807) is 6.07 Å². The second-order valence-corrected chi connectivity index (χ2v) is 6.55. The minimum atomic E-state index is -0.170. The number of hydrogen-bond acceptors (Lipinski definition) is 2. The van der Waals surface area contributed by atoms with E-state index in [0.717, 1.165) is 16.8 Å². The van der Waals surface area contributed by atoms with Gasteiger partial charge in [-0.1, -0.05) is 59.7 Å². The van der Waals surface area contributed by atoms with Gasteiger partial charge in [0.2, 0.25) is 0 Å². The normalized spacial score (nSPS) is 10.4. The maximum absolute atomic E-state index is 12.7. The average Bonchev–Trinajstić information content (AvgIpc) is 2.62. The van der Waals surface area contributed by atoms with E-state index in [1.807, 2.05) is 56.3 Å². The fraction of sp³-hybridized carbons (Fsp3) is 0.174. The van der Waals surface area contributed by atoms with Gasteiger partial charge in [-0.3, -0.25) is 4.79 Å². The molecule has 0 saturated carbocycles. The summed E-state index contributed by atoms with van der Waals surface area (Å²) < 4.78 is 5.93. The van der Waals surface area contributed by atoms with Crippen LogP contribution in [0.15, 0.2) is 66.7 Å². The Balaban J connectivity index is 1.76. The second kappa shape index (κ2) is 7.87. The number of ether oxygens (including phenoxy) is 1. The van der Waals surface area contributed by atoms with Gasteiger partial charge >= 0.3 is 0 Å². The Labute approximate surface area is 154 Å². The fourth-order valence-corrected chi connectivity index (χ4v) is 2.89. The van der Waals surface area contributed by atoms with E-state index in [-0.39, 0.29) is 5.91 Å². The zero-order valence-corrected chi connectivity index (χ0v) is 15.4. The molecule has 3 aromatic rings. The Morgan fingerprint density at radius 1 is 0.885 bits per heavy atom. The number of hydrogen-bond donors (Lipinski definition) is 1. The monoisotopic (exact) mass is 345 g/mol. The number of carbonyl (C=O) groups excluding carboxylic acids is 1. The standard InChI is InChI=1S/C23H23NO2/c1-16-7-6-8-19(14-16)15-26-22-10-5-4-9-20(22)23(25)24-21-12-11-17(2)13-18(21)3/h4-14H,15H2,1-3H3,(H,24,25). The maximum atomic E-state index is 12.7. The Bertz CT molecular complexity index is 931. The molecule has 0 aliphatic rings. The molecule has 0 radical (unpaired) electrons. The quantitative estimate of drug-likeness (QED) is 0.668. The lowest BCUT2D eigenvalue weighted by Crippen LogP contribution is -2.14. The Kier molecular flexibility index (Phi) is 5.37. The minimum absolute atomic E-state index is 0.170. The van der Waals surface area contributed by atoms with Crippen molar-refractivity contribution in [2.24, 2.45) is 0 Å². The number of para-hydroxylation sites is 1. The second-order valence-electron chi connectivity index (χ2n) is 6.55. The van der Waals surface area contributed by atoms with Gasteiger partial charge in [-0.15, -0.1) is 0 Å². The van der Waals surface area contributed by atoms with E-state index in [0.29, 0.717) is 17.9 Å². The van der Waals surface area contributed by atoms with E-state index in [9.17, 15) is 4.79 Å². The van der Waals surface area contributed by atoms with Crippen molar-refractivity contribution in [2.75, 3.05) is 5.32 Å². The summed E-state index contributed by atoms with van der Waals surface area (Å²) in [7, 11) is 0. The topological polar surface area (TPSA) is 38.3 Å². The molecule has 3 rings (SSSR count). The average molecular weight is 345 g/mol. The van der Waals surface area contributed by atoms with Crippen molar-refractivity contribution >= 4 is 11.6 Å². The number of anilines is 1. The highest BCUT2D eigenvalue weighted by Gasteiger charge is 2.13. The van der Waals surface area contributed by atoms with Crippen LogP contribution < -0.4 is 10.1 Å². The molecule has 3 nitrogen and oxygen atoms in total. The molecule has 0 heterocycles. The minimum Gasteiger partial charge on any atom is -0.488 e. The third kappa shape index (κ3) is 4.31. The molecule has 3 heteroatoms. The van der Waals surface area contributed by atoms with Gasteiger partial charge in [0.25, 0.3) is 5.91 Å². The summed E-state index contributed by atoms with van der Waals surface area (Å²) in [6, 6.07) is 21.5. The zero-order valence-electron chi connectivity index (χ0n) is 15.4. The molecule has 132 valence electrons. The molecule has 3 aromatic carbocycles. The van der Waals surface area contributed by atoms with Crippen molar-refractivity contribution in [1.29, 1.82) is 0 Å². The van der Waals surface area contributed by atoms with Crippen LogP contribution in [0.5, 0.6) is 5.75 Å². The molecule has 0 saturated heterocycles. The first-order chi connectivity index (χ1) is 12.5. The summed E-state index contributed by atoms with van der Waals surface area (Å²) >= 11 is 0. The van der Waals surface area contributed by atoms with Gasteiger partial charge in [-0.05, 0) is 50.1 Å². The Morgan fingerprint density at radius 2 is 1.65 bits per heavy atom. The van der Waals surface area contributed by atoms with Crippen LogP contribution >= 0.6 is 0 Å². The molecule has 0 aliphatic carbocycles. The molecule has 0 atom stereocenters. The lowest BCUT2D eigenvalue weighted by atomic mass is 10.1. The summed E-state index contributed by atoms with van der Waals surface area (Å²) in [4.78, 5) is 12.7. The Hall–Kier alpha value is -3.07. The fourth-order valence-electron chi connectivity index (χ4n) is 2.89. The van der Waals surface area contributed by atoms with Gasteiger partial charge in [0.15, 0.2) is 0 Å². The van der Waals surface area contributed by atoms with E-state index >= 15 is 0 Å². The molecule has 0 spiro atoms. The predicted molar refractivity (Wildman–Crippen MR) is 106 cm³/mol. The number of aryl methyl sites for hydroxylation is 3. The van der Waals surface area contributed by atoms with Crippen molar-refractivity contribution in [1.82, 2.24) is 0 Å². The third-order valence-electron chi connectivity index (χ3n) is 4.24. The summed E-state index contributed by atoms with van der Waals surface area (Å²) in [5, 5.41) is 2.98. The summed E-state index contributed by atoms with van der Waals surface area (Å²) in [6.07, 6.45) is 0. The lowest BCUT2D eigenvalue weighted by Gasteiger charge is -2.13. The summed E-state index contributed by atoms with van der Waals surface area (Å²) in [5.41, 5.74) is 5.81. The van der Waals surface area contributed by atoms with Crippen LogP contribution in [0.25, 0.3) is 0 Å². The highest BCUT2D eigenvalue weighted by atomic mass is 16.5. The van der Waals surface area contributed by atoms with Gasteiger partial charge in [0.05, 0.1) is 5.56 Å². The molecule has 0 fully saturated rings. The van der Waals surface area contributed by atoms with E-state index in [1.165, 1.54) is 11.1 Å². The van der Waals surface area contributed by atoms with Crippen LogP contribution in [0.2, 0.25) is 0 Å². The molecule has 0 aliphatic heterocycles. The highest BCUT2D eigenvalue weighted by molar-refractivity contribution is 6.06. The van der Waals surface area contributed by atoms with Gasteiger partial charge in [-0.2, -0.15) is 0 Å². The molecule has 0 unspecified atom stereocenters. The van der Waals surface area contributed by atoms with Crippen LogP contribution in [0.3, 0.4) is 0 Å². The molecule has 26 heavy (non-hydrogen) atoms. The first-order valence-electron chi connectivity index (χ1n) is 8.69. The molecular formula is C23H23NO2. The highest BCUT2D eigenvalue weighted by Crippen LogP contribution is 2.23. The van der Waals surface area contributed by atoms with E-state index < -0.39 is 0 Å². The molecule has 0 aromatic heterocycles. The van der Waals surface area contributed by atoms with Crippen molar-refractivity contribution < 1.29 is 9.53 Å². The van der Waals surface area contributed by atoms with Gasteiger partial charge in [-0.25, -0.2) is 0 Å². The number of nitrogens with one attached hydrogen (secondary N) is 1. The zero-order chi connectivity index (χ0) is 18.5. The van der Waals surface area contributed by atoms with Gasteiger partial charge in [0, 0.05) is 5.69 Å². The van der Waals surface area contributed by atoms with Gasteiger partial charge < -0.3 is 10.1 Å². The first kappa shape index (κ1) is 17.7. The largest absolute Gasteiger partial charge is 0.488 e. The van der Waals surface area contributed by atoms with Crippen LogP contribution in [-0.2, 0) is 6.61 Å². The smallest absolute Gasteiger partial charge is 0.259 e. The Morgan fingerprint density at radius 3 is 2.42 bits per heavy atom. The van der Waals surface area contributed by atoms with Crippen LogP contribution in [0.4, 0.5) is 5.69 Å². The van der Waals surface area contributed by atoms with Crippen molar-refractivity contribution in [3.05, 3.63) is 94.5 Å². The van der Waals surface area contributed by atoms with E-state index in [4.69, 9.17) is 4.74 Å². The van der Waals surface area contributed by atoms with Crippen LogP contribution in [0, 0.1) is 20.8 Å². The van der Waals surface area contributed by atoms with E-state index in [2.05, 4.69) is 30.4 Å². The third-order valence-corrected chi connectivity index (χ3v) is 4.24. The van der Waals surface area contributed by atoms with Crippen LogP contribution in [0.1, 0.15) is 32.6 Å². The summed E-state index contributed by atoms with van der Waals surface area (Å²) in [6.45, 7) is 6.50. The van der Waals surface area contributed by atoms with Gasteiger partial charge in [0.1, 0.15) is 12.4 Å². The number of carbonyl (C=O) groups is 1. The molecule has 1 N–H and O–H groups in total. The molecule has 0 bridgehead atoms. The SMILES string of the molecule is Cc1cccc(COc2ccccc2C(=O)Nc2ccc(C)cc2C)c1. The van der Waals surface area contributed by atoms with Crippen molar-refractivity contribution in [3.63, 3.8) is 0 Å². The number of amides is 1. The predicted octanol–water partition coefficient (Wildman–Crippen LogP) is 5.44. The molecular weight excluding hydrogens is 322 g/mol. The van der Waals surface area contributed by atoms with Crippen molar-refractivity contribution in [2.45, 2.75) is 27.4 Å². The number of rotatable bonds is 5. The number of benzene rings is 3. The molecule has 1 amide bonds. The van der Waals surface area contributed by atoms with Crippen LogP contribution in [-0.4, -0.2) is 5.91 Å². The van der Waals surface area contributed by atoms with Crippen molar-refractivity contribution in [3.8, 4) is 5.75 Å². The maximum Gasteiger partial charge on any atom is 0.259 e. The first-order valence-corrected chi connectivity index (χ1v) is 8.69.